The largest absolute Gasteiger partial charge is 0.493 e. The van der Waals surface area contributed by atoms with E-state index in [4.69, 9.17) is 17.0 Å². The van der Waals surface area contributed by atoms with Crippen LogP contribution in [0.4, 0.5) is 5.69 Å². The number of hydrogen-bond acceptors (Lipinski definition) is 4. The highest BCUT2D eigenvalue weighted by atomic mass is 32.1. The van der Waals surface area contributed by atoms with E-state index in [-0.39, 0.29) is 5.56 Å². The first-order valence-corrected chi connectivity index (χ1v) is 8.20. The van der Waals surface area contributed by atoms with Gasteiger partial charge >= 0.3 is 0 Å². The molecule has 128 valence electrons. The predicted octanol–water partition coefficient (Wildman–Crippen LogP) is 2.76. The maximum Gasteiger partial charge on any atom is 0.254 e. The highest BCUT2D eigenvalue weighted by Gasteiger charge is 2.13. The van der Waals surface area contributed by atoms with E-state index in [1.165, 1.54) is 0 Å². The predicted molar refractivity (Wildman–Crippen MR) is 101 cm³/mol. The van der Waals surface area contributed by atoms with Gasteiger partial charge in [0, 0.05) is 24.0 Å². The quantitative estimate of drug-likeness (QED) is 0.723. The van der Waals surface area contributed by atoms with E-state index in [0.29, 0.717) is 40.1 Å². The minimum Gasteiger partial charge on any atom is -0.493 e. The van der Waals surface area contributed by atoms with Crippen LogP contribution in [0.2, 0.25) is 0 Å². The fourth-order valence-electron chi connectivity index (χ4n) is 2.10. The van der Waals surface area contributed by atoms with Crippen LogP contribution in [0.1, 0.15) is 24.6 Å². The summed E-state index contributed by atoms with van der Waals surface area (Å²) in [5, 5.41) is 6.44. The van der Waals surface area contributed by atoms with Crippen LogP contribution < -0.4 is 20.9 Å². The van der Waals surface area contributed by atoms with Crippen LogP contribution in [0, 0.1) is 13.8 Å². The van der Waals surface area contributed by atoms with Gasteiger partial charge in [-0.15, -0.1) is 0 Å². The molecule has 0 aliphatic heterocycles. The van der Waals surface area contributed by atoms with Crippen molar-refractivity contribution >= 4 is 23.0 Å². The number of aromatic nitrogens is 2. The molecule has 2 rings (SSSR count). The second-order valence-corrected chi connectivity index (χ2v) is 5.80. The van der Waals surface area contributed by atoms with Crippen molar-refractivity contribution in [2.45, 2.75) is 27.2 Å². The maximum absolute atomic E-state index is 12.1. The van der Waals surface area contributed by atoms with Crippen LogP contribution in [-0.4, -0.2) is 28.7 Å². The first kappa shape index (κ1) is 17.9. The molecule has 6 nitrogen and oxygen atoms in total. The van der Waals surface area contributed by atoms with Crippen molar-refractivity contribution in [3.05, 3.63) is 39.8 Å². The van der Waals surface area contributed by atoms with Crippen molar-refractivity contribution in [1.82, 2.24) is 15.3 Å². The van der Waals surface area contributed by atoms with E-state index < -0.39 is 0 Å². The van der Waals surface area contributed by atoms with Crippen LogP contribution in [0.25, 0.3) is 11.4 Å². The fourth-order valence-corrected chi connectivity index (χ4v) is 2.21. The summed E-state index contributed by atoms with van der Waals surface area (Å²) in [4.78, 5) is 19.4. The van der Waals surface area contributed by atoms with E-state index >= 15 is 0 Å². The molecule has 2 aromatic rings. The number of rotatable bonds is 5. The van der Waals surface area contributed by atoms with Crippen molar-refractivity contribution in [1.29, 1.82) is 0 Å². The molecule has 1 heterocycles. The smallest absolute Gasteiger partial charge is 0.254 e. The molecule has 0 aliphatic carbocycles. The van der Waals surface area contributed by atoms with Crippen molar-refractivity contribution in [3.63, 3.8) is 0 Å². The molecule has 24 heavy (non-hydrogen) atoms. The van der Waals surface area contributed by atoms with Crippen molar-refractivity contribution in [3.8, 4) is 17.1 Å². The number of ether oxygens (including phenoxy) is 1. The Kier molecular flexibility index (Phi) is 5.92. The third-order valence-corrected chi connectivity index (χ3v) is 3.88. The summed E-state index contributed by atoms with van der Waals surface area (Å²) in [5.74, 6) is 1.15. The SMILES string of the molecule is CCCOc1ccc(NC(=S)NC)cc1-c1nc(C)c(C)c(=O)[nH]1. The number of thiocarbonyl (C=S) groups is 1. The number of aryl methyl sites for hydroxylation is 1. The minimum absolute atomic E-state index is 0.150. The summed E-state index contributed by atoms with van der Waals surface area (Å²) in [6.45, 7) is 6.20. The number of nitrogens with one attached hydrogen (secondary N) is 3. The van der Waals surface area contributed by atoms with Gasteiger partial charge in [0.1, 0.15) is 11.6 Å². The Bertz CT molecular complexity index is 802. The molecule has 0 unspecified atom stereocenters. The van der Waals surface area contributed by atoms with Crippen LogP contribution in [0.3, 0.4) is 0 Å². The average Bonchev–Trinajstić information content (AvgIpc) is 2.57. The average molecular weight is 346 g/mol. The molecule has 0 atom stereocenters. The van der Waals surface area contributed by atoms with Gasteiger partial charge in [0.05, 0.1) is 12.2 Å². The monoisotopic (exact) mass is 346 g/mol. The number of benzene rings is 1. The lowest BCUT2D eigenvalue weighted by Gasteiger charge is -2.14. The summed E-state index contributed by atoms with van der Waals surface area (Å²) in [5.41, 5.74) is 2.66. The molecular formula is C17H22N4O2S. The van der Waals surface area contributed by atoms with E-state index in [2.05, 4.69) is 20.6 Å². The molecule has 0 bridgehead atoms. The van der Waals surface area contributed by atoms with Gasteiger partial charge in [0.15, 0.2) is 5.11 Å². The number of aromatic amines is 1. The Morgan fingerprint density at radius 1 is 1.38 bits per heavy atom. The second-order valence-electron chi connectivity index (χ2n) is 5.39. The van der Waals surface area contributed by atoms with Crippen LogP contribution >= 0.6 is 12.2 Å². The van der Waals surface area contributed by atoms with Gasteiger partial charge in [-0.2, -0.15) is 0 Å². The highest BCUT2D eigenvalue weighted by molar-refractivity contribution is 7.80. The zero-order valence-electron chi connectivity index (χ0n) is 14.3. The first-order chi connectivity index (χ1) is 11.5. The van der Waals surface area contributed by atoms with Crippen LogP contribution in [-0.2, 0) is 0 Å². The van der Waals surface area contributed by atoms with Gasteiger partial charge in [-0.05, 0) is 50.7 Å². The lowest BCUT2D eigenvalue weighted by atomic mass is 10.1. The third kappa shape index (κ3) is 4.11. The van der Waals surface area contributed by atoms with Crippen molar-refractivity contribution in [2.75, 3.05) is 19.0 Å². The van der Waals surface area contributed by atoms with Gasteiger partial charge in [0.2, 0.25) is 0 Å². The summed E-state index contributed by atoms with van der Waals surface area (Å²) < 4.78 is 5.80. The van der Waals surface area contributed by atoms with Crippen LogP contribution in [0.15, 0.2) is 23.0 Å². The topological polar surface area (TPSA) is 79.0 Å². The Morgan fingerprint density at radius 2 is 2.12 bits per heavy atom. The molecule has 0 saturated heterocycles. The molecular weight excluding hydrogens is 324 g/mol. The maximum atomic E-state index is 12.1. The van der Waals surface area contributed by atoms with Crippen molar-refractivity contribution < 1.29 is 4.74 Å². The van der Waals surface area contributed by atoms with Gasteiger partial charge in [-0.25, -0.2) is 4.98 Å². The van der Waals surface area contributed by atoms with Gasteiger partial charge in [-0.3, -0.25) is 4.79 Å². The summed E-state index contributed by atoms with van der Waals surface area (Å²) in [6.07, 6.45) is 0.889. The van der Waals surface area contributed by atoms with E-state index in [0.717, 1.165) is 12.1 Å². The molecule has 3 N–H and O–H groups in total. The summed E-state index contributed by atoms with van der Waals surface area (Å²) in [6, 6.07) is 5.58. The van der Waals surface area contributed by atoms with Crippen molar-refractivity contribution in [2.24, 2.45) is 0 Å². The molecule has 0 radical (unpaired) electrons. The van der Waals surface area contributed by atoms with Gasteiger partial charge in [0.25, 0.3) is 5.56 Å². The fraction of sp³-hybridized carbons (Fsp3) is 0.353. The molecule has 0 spiro atoms. The summed E-state index contributed by atoms with van der Waals surface area (Å²) >= 11 is 5.13. The van der Waals surface area contributed by atoms with E-state index in [1.54, 1.807) is 14.0 Å². The standard InChI is InChI=1S/C17H22N4O2S/c1-5-8-23-14-7-6-12(20-17(24)18-4)9-13(14)15-19-11(3)10(2)16(22)21-15/h6-7,9H,5,8H2,1-4H3,(H2,18,20,24)(H,19,21,22). The van der Waals surface area contributed by atoms with E-state index in [1.807, 2.05) is 32.0 Å². The lowest BCUT2D eigenvalue weighted by Crippen LogP contribution is -2.24. The third-order valence-electron chi connectivity index (χ3n) is 3.58. The molecule has 1 aromatic carbocycles. The Morgan fingerprint density at radius 3 is 2.75 bits per heavy atom. The number of H-pyrrole nitrogens is 1. The Labute approximate surface area is 146 Å². The molecule has 1 aromatic heterocycles. The number of nitrogens with zero attached hydrogens (tertiary/aromatic N) is 1. The highest BCUT2D eigenvalue weighted by Crippen LogP contribution is 2.30. The normalized spacial score (nSPS) is 10.3. The number of anilines is 1. The first-order valence-electron chi connectivity index (χ1n) is 7.79. The molecule has 0 aliphatic rings. The van der Waals surface area contributed by atoms with Crippen LogP contribution in [0.5, 0.6) is 5.75 Å². The lowest BCUT2D eigenvalue weighted by molar-refractivity contribution is 0.318. The minimum atomic E-state index is -0.150. The zero-order valence-corrected chi connectivity index (χ0v) is 15.1. The van der Waals surface area contributed by atoms with E-state index in [9.17, 15) is 4.79 Å². The molecule has 7 heteroatoms. The molecule has 0 amide bonds. The Hall–Kier alpha value is -2.41. The number of hydrogen-bond donors (Lipinski definition) is 3. The van der Waals surface area contributed by atoms with Gasteiger partial charge < -0.3 is 20.4 Å². The Balaban J connectivity index is 2.52. The summed E-state index contributed by atoms with van der Waals surface area (Å²) in [7, 11) is 1.75. The van der Waals surface area contributed by atoms with Gasteiger partial charge in [-0.1, -0.05) is 6.92 Å². The zero-order chi connectivity index (χ0) is 17.7. The second kappa shape index (κ2) is 7.92. The molecule has 0 saturated carbocycles. The molecule has 0 fully saturated rings.